The number of nitrogens with one attached hydrogen (secondary N) is 1. The average Bonchev–Trinajstić information content (AvgIpc) is 2.47. The highest BCUT2D eigenvalue weighted by Crippen LogP contribution is 2.17. The van der Waals surface area contributed by atoms with Crippen LogP contribution < -0.4 is 5.32 Å². The molecule has 2 unspecified atom stereocenters. The van der Waals surface area contributed by atoms with Crippen LogP contribution in [-0.2, 0) is 11.2 Å². The molecule has 0 saturated carbocycles. The second-order valence-electron chi connectivity index (χ2n) is 6.00. The lowest BCUT2D eigenvalue weighted by Crippen LogP contribution is -2.54. The molecule has 0 bridgehead atoms. The summed E-state index contributed by atoms with van der Waals surface area (Å²) >= 11 is 6.10. The predicted octanol–water partition coefficient (Wildman–Crippen LogP) is 2.97. The highest BCUT2D eigenvalue weighted by Gasteiger charge is 2.28. The monoisotopic (exact) mass is 310 g/mol. The second-order valence-corrected chi connectivity index (χ2v) is 6.43. The van der Waals surface area contributed by atoms with Crippen LogP contribution in [0.25, 0.3) is 0 Å². The van der Waals surface area contributed by atoms with E-state index in [1.165, 1.54) is 5.56 Å². The zero-order chi connectivity index (χ0) is 15.2. The Morgan fingerprint density at radius 2 is 2.24 bits per heavy atom. The Kier molecular flexibility index (Phi) is 6.49. The molecule has 0 amide bonds. The van der Waals surface area contributed by atoms with E-state index in [4.69, 9.17) is 16.3 Å². The fourth-order valence-electron chi connectivity index (χ4n) is 2.92. The number of hydrogen-bond acceptors (Lipinski definition) is 3. The summed E-state index contributed by atoms with van der Waals surface area (Å²) in [4.78, 5) is 2.50. The average molecular weight is 311 g/mol. The molecule has 118 valence electrons. The normalized spacial score (nSPS) is 21.7. The van der Waals surface area contributed by atoms with Crippen molar-refractivity contribution < 1.29 is 4.74 Å². The van der Waals surface area contributed by atoms with Gasteiger partial charge >= 0.3 is 0 Å². The Morgan fingerprint density at radius 3 is 2.90 bits per heavy atom. The van der Waals surface area contributed by atoms with Gasteiger partial charge in [0.1, 0.15) is 0 Å². The van der Waals surface area contributed by atoms with E-state index >= 15 is 0 Å². The smallest absolute Gasteiger partial charge is 0.0858 e. The van der Waals surface area contributed by atoms with Gasteiger partial charge in [-0.05, 0) is 44.5 Å². The van der Waals surface area contributed by atoms with E-state index in [-0.39, 0.29) is 6.10 Å². The Hall–Kier alpha value is -0.610. The third-order valence-corrected chi connectivity index (χ3v) is 4.35. The van der Waals surface area contributed by atoms with Crippen LogP contribution in [0.1, 0.15) is 26.3 Å². The number of benzene rings is 1. The van der Waals surface area contributed by atoms with E-state index in [9.17, 15) is 0 Å². The fraction of sp³-hybridized carbons (Fsp3) is 0.647. The van der Waals surface area contributed by atoms with Crippen molar-refractivity contribution in [3.8, 4) is 0 Å². The largest absolute Gasteiger partial charge is 0.374 e. The molecule has 21 heavy (non-hydrogen) atoms. The minimum Gasteiger partial charge on any atom is -0.374 e. The van der Waals surface area contributed by atoms with Crippen LogP contribution >= 0.6 is 11.6 Å². The second kappa shape index (κ2) is 8.14. The Balaban J connectivity index is 2.03. The van der Waals surface area contributed by atoms with Gasteiger partial charge < -0.3 is 10.1 Å². The van der Waals surface area contributed by atoms with Crippen LogP contribution in [0.15, 0.2) is 24.3 Å². The van der Waals surface area contributed by atoms with Crippen LogP contribution in [0, 0.1) is 0 Å². The van der Waals surface area contributed by atoms with Gasteiger partial charge in [-0.15, -0.1) is 0 Å². The molecule has 1 aliphatic rings. The molecule has 3 nitrogen and oxygen atoms in total. The Labute approximate surface area is 133 Å². The van der Waals surface area contributed by atoms with Crippen molar-refractivity contribution in [2.24, 2.45) is 0 Å². The maximum Gasteiger partial charge on any atom is 0.0858 e. The van der Waals surface area contributed by atoms with E-state index in [0.29, 0.717) is 12.1 Å². The van der Waals surface area contributed by atoms with E-state index in [2.05, 4.69) is 43.1 Å². The first-order chi connectivity index (χ1) is 10.1. The molecular formula is C17H27ClN2O. The maximum absolute atomic E-state index is 6.10. The molecule has 0 aliphatic carbocycles. The molecular weight excluding hydrogens is 284 g/mol. The van der Waals surface area contributed by atoms with E-state index in [1.54, 1.807) is 0 Å². The summed E-state index contributed by atoms with van der Waals surface area (Å²) < 4.78 is 6.04. The molecule has 1 aliphatic heterocycles. The number of ether oxygens (including phenoxy) is 1. The number of morpholine rings is 1. The molecule has 1 aromatic rings. The van der Waals surface area contributed by atoms with Gasteiger partial charge in [-0.2, -0.15) is 0 Å². The van der Waals surface area contributed by atoms with Gasteiger partial charge in [-0.3, -0.25) is 4.90 Å². The molecule has 1 aromatic carbocycles. The summed E-state index contributed by atoms with van der Waals surface area (Å²) in [5.41, 5.74) is 1.26. The van der Waals surface area contributed by atoms with Crippen molar-refractivity contribution in [3.05, 3.63) is 34.9 Å². The molecule has 1 heterocycles. The molecule has 2 rings (SSSR count). The minimum atomic E-state index is 0.236. The lowest BCUT2D eigenvalue weighted by atomic mass is 9.99. The molecule has 0 aromatic heterocycles. The van der Waals surface area contributed by atoms with Crippen molar-refractivity contribution in [1.29, 1.82) is 0 Å². The van der Waals surface area contributed by atoms with Gasteiger partial charge in [0.2, 0.25) is 0 Å². The molecule has 0 spiro atoms. The summed E-state index contributed by atoms with van der Waals surface area (Å²) in [6.45, 7) is 10.4. The highest BCUT2D eigenvalue weighted by molar-refractivity contribution is 6.30. The van der Waals surface area contributed by atoms with Gasteiger partial charge in [0.05, 0.1) is 12.7 Å². The van der Waals surface area contributed by atoms with Crippen molar-refractivity contribution >= 4 is 11.6 Å². The van der Waals surface area contributed by atoms with Crippen molar-refractivity contribution in [2.75, 3.05) is 26.2 Å². The van der Waals surface area contributed by atoms with Crippen LogP contribution in [0.5, 0.6) is 0 Å². The van der Waals surface area contributed by atoms with Crippen molar-refractivity contribution in [3.63, 3.8) is 0 Å². The molecule has 0 radical (unpaired) electrons. The van der Waals surface area contributed by atoms with Crippen LogP contribution in [0.2, 0.25) is 5.02 Å². The Bertz CT molecular complexity index is 439. The van der Waals surface area contributed by atoms with E-state index < -0.39 is 0 Å². The summed E-state index contributed by atoms with van der Waals surface area (Å²) in [6, 6.07) is 9.03. The number of rotatable bonds is 6. The Morgan fingerprint density at radius 1 is 1.43 bits per heavy atom. The lowest BCUT2D eigenvalue weighted by Gasteiger charge is -2.39. The first-order valence-corrected chi connectivity index (χ1v) is 8.31. The number of halogens is 1. The van der Waals surface area contributed by atoms with Crippen LogP contribution in [0.4, 0.5) is 0 Å². The molecule has 1 fully saturated rings. The van der Waals surface area contributed by atoms with Gasteiger partial charge in [-0.1, -0.05) is 30.7 Å². The van der Waals surface area contributed by atoms with Crippen molar-refractivity contribution in [2.45, 2.75) is 45.4 Å². The first kappa shape index (κ1) is 16.8. The third-order valence-electron chi connectivity index (χ3n) is 4.11. The first-order valence-electron chi connectivity index (χ1n) is 7.93. The summed E-state index contributed by atoms with van der Waals surface area (Å²) in [7, 11) is 0. The summed E-state index contributed by atoms with van der Waals surface area (Å²) in [5.74, 6) is 0. The van der Waals surface area contributed by atoms with Gasteiger partial charge in [-0.25, -0.2) is 0 Å². The molecule has 1 saturated heterocycles. The number of likely N-dealkylation sites (N-methyl/N-ethyl adjacent to an activating group) is 1. The van der Waals surface area contributed by atoms with Crippen LogP contribution in [0.3, 0.4) is 0 Å². The fourth-order valence-corrected chi connectivity index (χ4v) is 3.14. The van der Waals surface area contributed by atoms with Crippen LogP contribution in [-0.4, -0.2) is 49.3 Å². The van der Waals surface area contributed by atoms with Crippen molar-refractivity contribution in [1.82, 2.24) is 10.2 Å². The third kappa shape index (κ3) is 4.96. The van der Waals surface area contributed by atoms with E-state index in [1.807, 2.05) is 12.1 Å². The molecule has 4 heteroatoms. The quantitative estimate of drug-likeness (QED) is 0.874. The van der Waals surface area contributed by atoms with E-state index in [0.717, 1.165) is 37.7 Å². The maximum atomic E-state index is 6.10. The molecule has 1 N–H and O–H groups in total. The number of nitrogens with zero attached hydrogens (tertiary/aromatic N) is 1. The molecule has 2 atom stereocenters. The summed E-state index contributed by atoms with van der Waals surface area (Å²) in [5, 5.41) is 4.39. The standard InChI is InChI=1S/C17H27ClN2O/c1-4-19-16(11-14-6-5-7-15(18)10-14)17-12-20(13(2)3)8-9-21-17/h5-7,10,13,16-17,19H,4,8-9,11-12H2,1-3H3. The number of hydrogen-bond donors (Lipinski definition) is 1. The zero-order valence-electron chi connectivity index (χ0n) is 13.3. The van der Waals surface area contributed by atoms with Gasteiger partial charge in [0.25, 0.3) is 0 Å². The van der Waals surface area contributed by atoms with Gasteiger partial charge in [0, 0.05) is 30.2 Å². The topological polar surface area (TPSA) is 24.5 Å². The SMILES string of the molecule is CCNC(Cc1cccc(Cl)c1)C1CN(C(C)C)CCO1. The lowest BCUT2D eigenvalue weighted by molar-refractivity contribution is -0.0550. The highest BCUT2D eigenvalue weighted by atomic mass is 35.5. The minimum absolute atomic E-state index is 0.236. The summed E-state index contributed by atoms with van der Waals surface area (Å²) in [6.07, 6.45) is 1.19. The van der Waals surface area contributed by atoms with Gasteiger partial charge in [0.15, 0.2) is 0 Å². The predicted molar refractivity (Wildman–Crippen MR) is 89.1 cm³/mol. The zero-order valence-corrected chi connectivity index (χ0v) is 14.1.